The van der Waals surface area contributed by atoms with Gasteiger partial charge in [0, 0.05) is 18.7 Å². The lowest BCUT2D eigenvalue weighted by Crippen LogP contribution is -2.45. The van der Waals surface area contributed by atoms with Crippen LogP contribution in [0.5, 0.6) is 5.75 Å². The van der Waals surface area contributed by atoms with E-state index in [-0.39, 0.29) is 18.3 Å². The van der Waals surface area contributed by atoms with Gasteiger partial charge in [0.15, 0.2) is 0 Å². The molecule has 0 radical (unpaired) electrons. The molecule has 136 valence electrons. The average Bonchev–Trinajstić information content (AvgIpc) is 3.38. The Labute approximate surface area is 151 Å². The van der Waals surface area contributed by atoms with Gasteiger partial charge in [-0.05, 0) is 50.2 Å². The molecule has 1 aromatic carbocycles. The summed E-state index contributed by atoms with van der Waals surface area (Å²) < 4.78 is 5.96. The summed E-state index contributed by atoms with van der Waals surface area (Å²) in [4.78, 5) is 12.6. The topological polar surface area (TPSA) is 64.4 Å². The van der Waals surface area contributed by atoms with Crippen LogP contribution in [-0.4, -0.2) is 19.1 Å². The van der Waals surface area contributed by atoms with E-state index in [1.165, 1.54) is 18.4 Å². The largest absolute Gasteiger partial charge is 0.493 e. The molecule has 0 aromatic heterocycles. The van der Waals surface area contributed by atoms with Crippen molar-refractivity contribution in [1.29, 1.82) is 0 Å². The minimum atomic E-state index is -0.459. The number of rotatable bonds is 9. The molecule has 1 fully saturated rings. The number of benzene rings is 1. The van der Waals surface area contributed by atoms with E-state index in [1.54, 1.807) is 0 Å². The number of carbonyl (C=O) groups is 1. The van der Waals surface area contributed by atoms with Crippen LogP contribution in [0.15, 0.2) is 18.2 Å². The third kappa shape index (κ3) is 5.12. The molecular weight excluding hydrogens is 324 g/mol. The number of aryl methyl sites for hydroxylation is 1. The minimum absolute atomic E-state index is 0. The predicted octanol–water partition coefficient (Wildman–Crippen LogP) is 3.59. The highest BCUT2D eigenvalue weighted by Gasteiger charge is 2.33. The molecule has 24 heavy (non-hydrogen) atoms. The van der Waals surface area contributed by atoms with Crippen molar-refractivity contribution in [1.82, 2.24) is 5.32 Å². The molecule has 0 atom stereocenters. The van der Waals surface area contributed by atoms with E-state index in [2.05, 4.69) is 24.4 Å². The van der Waals surface area contributed by atoms with Gasteiger partial charge in [0.2, 0.25) is 5.91 Å². The van der Waals surface area contributed by atoms with Crippen molar-refractivity contribution in [2.24, 2.45) is 17.1 Å². The Balaban J connectivity index is 0.00000288. The van der Waals surface area contributed by atoms with Crippen molar-refractivity contribution in [2.75, 3.05) is 13.2 Å². The maximum absolute atomic E-state index is 12.6. The zero-order chi connectivity index (χ0) is 16.9. The minimum Gasteiger partial charge on any atom is -0.493 e. The Hall–Kier alpha value is -1.26. The fourth-order valence-electron chi connectivity index (χ4n) is 2.75. The van der Waals surface area contributed by atoms with Gasteiger partial charge in [0.1, 0.15) is 5.75 Å². The van der Waals surface area contributed by atoms with E-state index < -0.39 is 5.41 Å². The van der Waals surface area contributed by atoms with E-state index in [9.17, 15) is 4.79 Å². The van der Waals surface area contributed by atoms with Gasteiger partial charge in [-0.15, -0.1) is 12.4 Å². The molecule has 0 aliphatic heterocycles. The number of nitrogens with two attached hydrogens (primary N) is 1. The van der Waals surface area contributed by atoms with E-state index in [1.807, 2.05) is 19.9 Å². The Morgan fingerprint density at radius 1 is 1.33 bits per heavy atom. The molecule has 0 saturated heterocycles. The molecule has 0 heterocycles. The molecule has 0 unspecified atom stereocenters. The maximum atomic E-state index is 12.6. The second-order valence-corrected chi connectivity index (χ2v) is 6.74. The van der Waals surface area contributed by atoms with Gasteiger partial charge >= 0.3 is 0 Å². The molecule has 5 heteroatoms. The first-order chi connectivity index (χ1) is 11.0. The number of carbonyl (C=O) groups excluding carboxylic acids is 1. The molecule has 3 N–H and O–H groups in total. The van der Waals surface area contributed by atoms with Gasteiger partial charge in [-0.3, -0.25) is 4.79 Å². The highest BCUT2D eigenvalue weighted by molar-refractivity contribution is 5.85. The number of hydrogen-bond donors (Lipinski definition) is 2. The summed E-state index contributed by atoms with van der Waals surface area (Å²) in [5.41, 5.74) is 7.59. The molecule has 0 bridgehead atoms. The highest BCUT2D eigenvalue weighted by atomic mass is 35.5. The van der Waals surface area contributed by atoms with E-state index in [0.717, 1.165) is 30.8 Å². The summed E-state index contributed by atoms with van der Waals surface area (Å²) in [7, 11) is 0. The lowest BCUT2D eigenvalue weighted by molar-refractivity contribution is -0.131. The van der Waals surface area contributed by atoms with E-state index in [0.29, 0.717) is 19.0 Å². The van der Waals surface area contributed by atoms with Gasteiger partial charge in [-0.1, -0.05) is 26.0 Å². The monoisotopic (exact) mass is 354 g/mol. The van der Waals surface area contributed by atoms with Crippen LogP contribution >= 0.6 is 12.4 Å². The second-order valence-electron chi connectivity index (χ2n) is 6.74. The van der Waals surface area contributed by atoms with Crippen LogP contribution < -0.4 is 15.8 Å². The second kappa shape index (κ2) is 9.28. The molecule has 2 rings (SSSR count). The van der Waals surface area contributed by atoms with Crippen LogP contribution in [0, 0.1) is 18.3 Å². The van der Waals surface area contributed by atoms with Gasteiger partial charge in [-0.2, -0.15) is 0 Å². The van der Waals surface area contributed by atoms with Gasteiger partial charge in [-0.25, -0.2) is 0 Å². The van der Waals surface area contributed by atoms with Crippen LogP contribution in [0.2, 0.25) is 0 Å². The summed E-state index contributed by atoms with van der Waals surface area (Å²) in [6, 6.07) is 6.15. The van der Waals surface area contributed by atoms with Crippen LogP contribution in [0.25, 0.3) is 0 Å². The summed E-state index contributed by atoms with van der Waals surface area (Å²) in [5, 5.41) is 3.06. The van der Waals surface area contributed by atoms with Crippen molar-refractivity contribution < 1.29 is 9.53 Å². The van der Waals surface area contributed by atoms with Crippen LogP contribution in [0.1, 0.15) is 50.7 Å². The summed E-state index contributed by atoms with van der Waals surface area (Å²) in [6.07, 6.45) is 4.04. The lowest BCUT2D eigenvalue weighted by Gasteiger charge is -2.28. The molecule has 1 amide bonds. The maximum Gasteiger partial charge on any atom is 0.227 e. The third-order valence-electron chi connectivity index (χ3n) is 5.06. The van der Waals surface area contributed by atoms with Gasteiger partial charge < -0.3 is 15.8 Å². The van der Waals surface area contributed by atoms with E-state index in [4.69, 9.17) is 10.5 Å². The molecule has 1 aliphatic rings. The van der Waals surface area contributed by atoms with Crippen LogP contribution in [0.3, 0.4) is 0 Å². The zero-order valence-electron chi connectivity index (χ0n) is 15.1. The Morgan fingerprint density at radius 2 is 2.00 bits per heavy atom. The van der Waals surface area contributed by atoms with Crippen molar-refractivity contribution in [2.45, 2.75) is 53.0 Å². The van der Waals surface area contributed by atoms with Gasteiger partial charge in [0.05, 0.1) is 12.0 Å². The van der Waals surface area contributed by atoms with Crippen molar-refractivity contribution in [3.05, 3.63) is 29.3 Å². The quantitative estimate of drug-likeness (QED) is 0.712. The summed E-state index contributed by atoms with van der Waals surface area (Å²) >= 11 is 0. The first kappa shape index (κ1) is 20.8. The molecular formula is C19H31ClN2O2. The predicted molar refractivity (Wildman–Crippen MR) is 101 cm³/mol. The Morgan fingerprint density at radius 3 is 2.54 bits per heavy atom. The summed E-state index contributed by atoms with van der Waals surface area (Å²) in [6.45, 7) is 7.74. The smallest absolute Gasteiger partial charge is 0.227 e. The number of ether oxygens (including phenoxy) is 1. The van der Waals surface area contributed by atoms with Crippen molar-refractivity contribution in [3.63, 3.8) is 0 Å². The Kier molecular flexibility index (Phi) is 8.04. The van der Waals surface area contributed by atoms with Crippen molar-refractivity contribution >= 4 is 18.3 Å². The highest BCUT2D eigenvalue weighted by Crippen LogP contribution is 2.31. The SMILES string of the molecule is CCC(CC)(CN)C(=O)NCc1ccc(C)cc1OCC1CC1.Cl. The van der Waals surface area contributed by atoms with Crippen molar-refractivity contribution in [3.8, 4) is 5.75 Å². The van der Waals surface area contributed by atoms with Crippen LogP contribution in [-0.2, 0) is 11.3 Å². The standard InChI is InChI=1S/C19H30N2O2.ClH/c1-4-19(5-2,13-20)18(22)21-11-16-9-6-14(3)10-17(16)23-12-15-7-8-15;/h6,9-10,15H,4-5,7-8,11-13,20H2,1-3H3,(H,21,22);1H. The molecule has 0 spiro atoms. The number of hydrogen-bond acceptors (Lipinski definition) is 3. The fraction of sp³-hybridized carbons (Fsp3) is 0.632. The molecule has 1 aliphatic carbocycles. The zero-order valence-corrected chi connectivity index (χ0v) is 15.9. The number of halogens is 1. The first-order valence-corrected chi connectivity index (χ1v) is 8.75. The Bertz CT molecular complexity index is 532. The lowest BCUT2D eigenvalue weighted by atomic mass is 9.81. The number of amides is 1. The van der Waals surface area contributed by atoms with Gasteiger partial charge in [0.25, 0.3) is 0 Å². The summed E-state index contributed by atoms with van der Waals surface area (Å²) in [5.74, 6) is 1.64. The van der Waals surface area contributed by atoms with E-state index >= 15 is 0 Å². The third-order valence-corrected chi connectivity index (χ3v) is 5.06. The molecule has 1 aromatic rings. The van der Waals surface area contributed by atoms with Crippen LogP contribution in [0.4, 0.5) is 0 Å². The number of nitrogens with one attached hydrogen (secondary N) is 1. The molecule has 1 saturated carbocycles. The first-order valence-electron chi connectivity index (χ1n) is 8.75. The molecule has 4 nitrogen and oxygen atoms in total. The normalized spacial score (nSPS) is 14.0. The average molecular weight is 355 g/mol. The fourth-order valence-corrected chi connectivity index (χ4v) is 2.75.